The summed E-state index contributed by atoms with van der Waals surface area (Å²) in [5, 5.41) is 12.0. The summed E-state index contributed by atoms with van der Waals surface area (Å²) in [5.41, 5.74) is 8.10. The smallest absolute Gasteiger partial charge is 0.140 e. The normalized spacial score (nSPS) is 13.7. The van der Waals surface area contributed by atoms with Crippen molar-refractivity contribution in [2.75, 3.05) is 0 Å². The lowest BCUT2D eigenvalue weighted by atomic mass is 10.2. The zero-order valence-electron chi connectivity index (χ0n) is 10.6. The van der Waals surface area contributed by atoms with Crippen molar-refractivity contribution in [3.05, 3.63) is 29.3 Å². The van der Waals surface area contributed by atoms with Gasteiger partial charge in [-0.2, -0.15) is 0 Å². The van der Waals surface area contributed by atoms with Crippen LogP contribution in [0.2, 0.25) is 0 Å². The van der Waals surface area contributed by atoms with Crippen LogP contribution in [0.3, 0.4) is 0 Å². The fourth-order valence-electron chi connectivity index (χ4n) is 1.56. The van der Waals surface area contributed by atoms with E-state index < -0.39 is 0 Å². The van der Waals surface area contributed by atoms with E-state index in [0.717, 1.165) is 6.42 Å². The number of hydrogen-bond donors (Lipinski definition) is 2. The molecule has 3 N–H and O–H groups in total. The molecule has 4 heteroatoms. The molecule has 0 heterocycles. The SMILES string of the molecule is CCC(C/C(N)=N/O)Sc1cc(C)ccc1C. The maximum Gasteiger partial charge on any atom is 0.140 e. The van der Waals surface area contributed by atoms with Gasteiger partial charge >= 0.3 is 0 Å². The highest BCUT2D eigenvalue weighted by Crippen LogP contribution is 2.30. The van der Waals surface area contributed by atoms with Gasteiger partial charge in [0, 0.05) is 16.6 Å². The maximum absolute atomic E-state index is 8.60. The lowest BCUT2D eigenvalue weighted by Gasteiger charge is -2.15. The first kappa shape index (κ1) is 13.9. The van der Waals surface area contributed by atoms with Crippen molar-refractivity contribution >= 4 is 17.6 Å². The van der Waals surface area contributed by atoms with Gasteiger partial charge < -0.3 is 10.9 Å². The molecule has 0 amide bonds. The van der Waals surface area contributed by atoms with Crippen LogP contribution in [0.4, 0.5) is 0 Å². The Kier molecular flexibility index (Phi) is 5.35. The Bertz CT molecular complexity index is 404. The molecule has 0 fully saturated rings. The van der Waals surface area contributed by atoms with Crippen molar-refractivity contribution < 1.29 is 5.21 Å². The Morgan fingerprint density at radius 3 is 2.76 bits per heavy atom. The number of oxime groups is 1. The fourth-order valence-corrected chi connectivity index (χ4v) is 2.85. The highest BCUT2D eigenvalue weighted by atomic mass is 32.2. The van der Waals surface area contributed by atoms with E-state index >= 15 is 0 Å². The molecule has 0 radical (unpaired) electrons. The molecule has 0 aliphatic heterocycles. The number of aryl methyl sites for hydroxylation is 2. The Hall–Kier alpha value is -1.16. The summed E-state index contributed by atoms with van der Waals surface area (Å²) < 4.78 is 0. The summed E-state index contributed by atoms with van der Waals surface area (Å²) in [7, 11) is 0. The lowest BCUT2D eigenvalue weighted by Crippen LogP contribution is -2.18. The summed E-state index contributed by atoms with van der Waals surface area (Å²) >= 11 is 1.80. The van der Waals surface area contributed by atoms with Gasteiger partial charge in [0.1, 0.15) is 5.84 Å². The number of nitrogens with two attached hydrogens (primary N) is 1. The van der Waals surface area contributed by atoms with E-state index in [1.54, 1.807) is 11.8 Å². The second kappa shape index (κ2) is 6.55. The minimum atomic E-state index is 0.301. The molecule has 0 aliphatic carbocycles. The second-order valence-corrected chi connectivity index (χ2v) is 5.55. The van der Waals surface area contributed by atoms with Gasteiger partial charge in [-0.1, -0.05) is 29.8 Å². The molecular weight excluding hydrogens is 232 g/mol. The van der Waals surface area contributed by atoms with Crippen molar-refractivity contribution in [3.63, 3.8) is 0 Å². The van der Waals surface area contributed by atoms with E-state index in [9.17, 15) is 0 Å². The summed E-state index contributed by atoms with van der Waals surface area (Å²) in [6, 6.07) is 6.44. The average Bonchev–Trinajstić information content (AvgIpc) is 2.32. The summed E-state index contributed by atoms with van der Waals surface area (Å²) in [6.07, 6.45) is 1.61. The number of rotatable bonds is 5. The van der Waals surface area contributed by atoms with Crippen molar-refractivity contribution in [2.24, 2.45) is 10.9 Å². The third-order valence-electron chi connectivity index (χ3n) is 2.66. The van der Waals surface area contributed by atoms with Crippen LogP contribution in [0.15, 0.2) is 28.3 Å². The minimum Gasteiger partial charge on any atom is -0.409 e. The number of amidine groups is 1. The second-order valence-electron chi connectivity index (χ2n) is 4.21. The topological polar surface area (TPSA) is 58.6 Å². The predicted octanol–water partition coefficient (Wildman–Crippen LogP) is 3.31. The largest absolute Gasteiger partial charge is 0.409 e. The molecule has 1 unspecified atom stereocenters. The van der Waals surface area contributed by atoms with E-state index in [1.165, 1.54) is 16.0 Å². The third-order valence-corrected chi connectivity index (χ3v) is 4.18. The summed E-state index contributed by atoms with van der Waals surface area (Å²) in [4.78, 5) is 1.28. The van der Waals surface area contributed by atoms with Crippen molar-refractivity contribution in [2.45, 2.75) is 43.8 Å². The quantitative estimate of drug-likeness (QED) is 0.278. The molecular formula is C13H20N2OS. The molecule has 0 aromatic heterocycles. The molecule has 1 aromatic rings. The number of benzene rings is 1. The third kappa shape index (κ3) is 4.30. The van der Waals surface area contributed by atoms with Gasteiger partial charge in [0.05, 0.1) is 0 Å². The lowest BCUT2D eigenvalue weighted by molar-refractivity contribution is 0.316. The Morgan fingerprint density at radius 1 is 1.47 bits per heavy atom. The molecule has 3 nitrogen and oxygen atoms in total. The van der Waals surface area contributed by atoms with Gasteiger partial charge in [-0.3, -0.25) is 0 Å². The van der Waals surface area contributed by atoms with Crippen LogP contribution in [0.5, 0.6) is 0 Å². The molecule has 0 saturated carbocycles. The van der Waals surface area contributed by atoms with Crippen LogP contribution in [-0.2, 0) is 0 Å². The van der Waals surface area contributed by atoms with Crippen molar-refractivity contribution in [3.8, 4) is 0 Å². The first-order chi connectivity index (χ1) is 8.06. The molecule has 0 spiro atoms. The minimum absolute atomic E-state index is 0.301. The molecule has 0 saturated heterocycles. The molecule has 94 valence electrons. The van der Waals surface area contributed by atoms with E-state index in [0.29, 0.717) is 17.5 Å². The highest BCUT2D eigenvalue weighted by Gasteiger charge is 2.12. The van der Waals surface area contributed by atoms with Gasteiger partial charge in [-0.25, -0.2) is 0 Å². The first-order valence-electron chi connectivity index (χ1n) is 5.77. The first-order valence-corrected chi connectivity index (χ1v) is 6.65. The molecule has 17 heavy (non-hydrogen) atoms. The molecule has 1 rings (SSSR count). The fraction of sp³-hybridized carbons (Fsp3) is 0.462. The van der Waals surface area contributed by atoms with Gasteiger partial charge in [0.25, 0.3) is 0 Å². The van der Waals surface area contributed by atoms with Gasteiger partial charge in [-0.15, -0.1) is 11.8 Å². The van der Waals surface area contributed by atoms with Crippen LogP contribution in [0.1, 0.15) is 30.9 Å². The van der Waals surface area contributed by atoms with Crippen LogP contribution >= 0.6 is 11.8 Å². The number of hydrogen-bond acceptors (Lipinski definition) is 3. The number of thioether (sulfide) groups is 1. The predicted molar refractivity (Wildman–Crippen MR) is 73.9 cm³/mol. The monoisotopic (exact) mass is 252 g/mol. The summed E-state index contributed by atoms with van der Waals surface area (Å²) in [5.74, 6) is 0.301. The van der Waals surface area contributed by atoms with Gasteiger partial charge in [-0.05, 0) is 31.9 Å². The van der Waals surface area contributed by atoms with Crippen LogP contribution in [0, 0.1) is 13.8 Å². The Labute approximate surface area is 107 Å². The number of nitrogens with zero attached hydrogens (tertiary/aromatic N) is 1. The zero-order valence-corrected chi connectivity index (χ0v) is 11.4. The van der Waals surface area contributed by atoms with E-state index in [4.69, 9.17) is 10.9 Å². The Balaban J connectivity index is 2.76. The van der Waals surface area contributed by atoms with Crippen molar-refractivity contribution in [1.29, 1.82) is 0 Å². The molecule has 1 atom stereocenters. The van der Waals surface area contributed by atoms with E-state index in [-0.39, 0.29) is 0 Å². The van der Waals surface area contributed by atoms with Gasteiger partial charge in [0.15, 0.2) is 0 Å². The van der Waals surface area contributed by atoms with E-state index in [1.807, 2.05) is 0 Å². The van der Waals surface area contributed by atoms with Gasteiger partial charge in [0.2, 0.25) is 0 Å². The molecule has 1 aromatic carbocycles. The van der Waals surface area contributed by atoms with Crippen LogP contribution < -0.4 is 5.73 Å². The zero-order chi connectivity index (χ0) is 12.8. The summed E-state index contributed by atoms with van der Waals surface area (Å²) in [6.45, 7) is 6.32. The maximum atomic E-state index is 8.60. The standard InChI is InChI=1S/C13H20N2OS/c1-4-11(8-13(14)15-16)17-12-7-9(2)5-6-10(12)3/h5-7,11,16H,4,8H2,1-3H3,(H2,14,15). The molecule has 0 bridgehead atoms. The molecule has 0 aliphatic rings. The Morgan fingerprint density at radius 2 is 2.18 bits per heavy atom. The van der Waals surface area contributed by atoms with Crippen LogP contribution in [-0.4, -0.2) is 16.3 Å². The van der Waals surface area contributed by atoms with E-state index in [2.05, 4.69) is 44.1 Å². The average molecular weight is 252 g/mol. The van der Waals surface area contributed by atoms with Crippen LogP contribution in [0.25, 0.3) is 0 Å². The highest BCUT2D eigenvalue weighted by molar-refractivity contribution is 8.00. The van der Waals surface area contributed by atoms with Crippen molar-refractivity contribution in [1.82, 2.24) is 0 Å².